The van der Waals surface area contributed by atoms with Crippen LogP contribution in [0.4, 0.5) is 0 Å². The lowest BCUT2D eigenvalue weighted by Crippen LogP contribution is -2.41. The molecule has 0 amide bonds. The van der Waals surface area contributed by atoms with E-state index in [1.165, 1.54) is 50.9 Å². The van der Waals surface area contributed by atoms with Crippen LogP contribution in [0.1, 0.15) is 50.4 Å². The van der Waals surface area contributed by atoms with Crippen LogP contribution >= 0.6 is 0 Å². The zero-order chi connectivity index (χ0) is 15.1. The highest BCUT2D eigenvalue weighted by Gasteiger charge is 2.34. The molecule has 21 heavy (non-hydrogen) atoms. The Morgan fingerprint density at radius 3 is 2.71 bits per heavy atom. The molecule has 3 nitrogen and oxygen atoms in total. The highest BCUT2D eigenvalue weighted by Crippen LogP contribution is 2.38. The molecule has 0 atom stereocenters. The van der Waals surface area contributed by atoms with Crippen LogP contribution in [0.5, 0.6) is 0 Å². The number of aryl methyl sites for hydroxylation is 1. The van der Waals surface area contributed by atoms with E-state index in [1.54, 1.807) is 0 Å². The molecule has 0 spiro atoms. The van der Waals surface area contributed by atoms with Gasteiger partial charge >= 0.3 is 0 Å². The van der Waals surface area contributed by atoms with E-state index in [4.69, 9.17) is 0 Å². The normalized spacial score (nSPS) is 17.5. The van der Waals surface area contributed by atoms with E-state index >= 15 is 0 Å². The summed E-state index contributed by atoms with van der Waals surface area (Å²) in [4.78, 5) is 7.09. The molecule has 0 bridgehead atoms. The van der Waals surface area contributed by atoms with Crippen molar-refractivity contribution in [1.29, 1.82) is 0 Å². The quantitative estimate of drug-likeness (QED) is 0.744. The van der Waals surface area contributed by atoms with Crippen molar-refractivity contribution in [2.45, 2.75) is 52.5 Å². The summed E-state index contributed by atoms with van der Waals surface area (Å²) >= 11 is 0. The van der Waals surface area contributed by atoms with Gasteiger partial charge in [-0.2, -0.15) is 0 Å². The first-order valence-corrected chi connectivity index (χ1v) is 8.45. The van der Waals surface area contributed by atoms with Gasteiger partial charge in [0.1, 0.15) is 0 Å². The number of hydrogen-bond donors (Lipinski definition) is 1. The predicted molar refractivity (Wildman–Crippen MR) is 89.4 cm³/mol. The van der Waals surface area contributed by atoms with Crippen molar-refractivity contribution in [2.24, 2.45) is 5.41 Å². The average molecular weight is 289 g/mol. The van der Waals surface area contributed by atoms with E-state index < -0.39 is 0 Å². The van der Waals surface area contributed by atoms with E-state index in [2.05, 4.69) is 54.3 Å². The first kappa shape index (κ1) is 16.4. The number of nitrogens with one attached hydrogen (secondary N) is 1. The van der Waals surface area contributed by atoms with Crippen molar-refractivity contribution in [1.82, 2.24) is 15.2 Å². The van der Waals surface area contributed by atoms with Gasteiger partial charge in [-0.05, 0) is 57.3 Å². The maximum Gasteiger partial charge on any atom is 0.0547 e. The van der Waals surface area contributed by atoms with Gasteiger partial charge in [-0.1, -0.05) is 25.8 Å². The lowest BCUT2D eigenvalue weighted by molar-refractivity contribution is 0.166. The van der Waals surface area contributed by atoms with Gasteiger partial charge in [0, 0.05) is 25.3 Å². The predicted octanol–water partition coefficient (Wildman–Crippen LogP) is 3.38. The number of aromatic nitrogens is 1. The molecule has 1 aromatic heterocycles. The standard InChI is InChI=1S/C18H31N3/c1-4-12-19-14-18(10-5-6-11-18)15-21(3)13-17-9-7-8-16(2)20-17/h7-9,19H,4-6,10-15H2,1-3H3. The fourth-order valence-electron chi connectivity index (χ4n) is 3.64. The summed E-state index contributed by atoms with van der Waals surface area (Å²) in [5.41, 5.74) is 2.78. The van der Waals surface area contributed by atoms with Crippen LogP contribution < -0.4 is 5.32 Å². The van der Waals surface area contributed by atoms with E-state index in [0.717, 1.165) is 18.8 Å². The van der Waals surface area contributed by atoms with Gasteiger partial charge in [0.25, 0.3) is 0 Å². The molecule has 2 rings (SSSR count). The molecule has 118 valence electrons. The molecule has 1 fully saturated rings. The zero-order valence-electron chi connectivity index (χ0n) is 14.0. The second kappa shape index (κ2) is 7.90. The minimum Gasteiger partial charge on any atom is -0.316 e. The van der Waals surface area contributed by atoms with E-state index in [-0.39, 0.29) is 0 Å². The Bertz CT molecular complexity index is 424. The van der Waals surface area contributed by atoms with Crippen LogP contribution in [-0.2, 0) is 6.54 Å². The van der Waals surface area contributed by atoms with Crippen LogP contribution in [0.2, 0.25) is 0 Å². The van der Waals surface area contributed by atoms with Gasteiger partial charge in [0.2, 0.25) is 0 Å². The Kier molecular flexibility index (Phi) is 6.19. The molecule has 0 radical (unpaired) electrons. The topological polar surface area (TPSA) is 28.2 Å². The second-order valence-electron chi connectivity index (χ2n) is 6.83. The molecule has 0 saturated heterocycles. The summed E-state index contributed by atoms with van der Waals surface area (Å²) in [6, 6.07) is 6.32. The summed E-state index contributed by atoms with van der Waals surface area (Å²) in [5, 5.41) is 3.65. The Morgan fingerprint density at radius 2 is 2.05 bits per heavy atom. The van der Waals surface area contributed by atoms with Crippen LogP contribution in [0.3, 0.4) is 0 Å². The summed E-state index contributed by atoms with van der Waals surface area (Å²) in [6.45, 7) is 8.76. The molecule has 0 aliphatic heterocycles. The summed E-state index contributed by atoms with van der Waals surface area (Å²) in [5.74, 6) is 0. The van der Waals surface area contributed by atoms with Gasteiger partial charge in [-0.15, -0.1) is 0 Å². The maximum absolute atomic E-state index is 4.63. The molecule has 1 aliphatic carbocycles. The molecular weight excluding hydrogens is 258 g/mol. The monoisotopic (exact) mass is 289 g/mol. The van der Waals surface area contributed by atoms with Gasteiger partial charge in [-0.3, -0.25) is 9.88 Å². The maximum atomic E-state index is 4.63. The van der Waals surface area contributed by atoms with Crippen molar-refractivity contribution < 1.29 is 0 Å². The minimum absolute atomic E-state index is 0.480. The van der Waals surface area contributed by atoms with Gasteiger partial charge in [-0.25, -0.2) is 0 Å². The first-order chi connectivity index (χ1) is 10.1. The average Bonchev–Trinajstić information content (AvgIpc) is 2.87. The molecular formula is C18H31N3. The fourth-order valence-corrected chi connectivity index (χ4v) is 3.64. The molecule has 0 unspecified atom stereocenters. The Balaban J connectivity index is 1.90. The van der Waals surface area contributed by atoms with Crippen molar-refractivity contribution in [2.75, 3.05) is 26.7 Å². The highest BCUT2D eigenvalue weighted by molar-refractivity contribution is 5.09. The first-order valence-electron chi connectivity index (χ1n) is 8.45. The van der Waals surface area contributed by atoms with Crippen LogP contribution in [-0.4, -0.2) is 36.6 Å². The lowest BCUT2D eigenvalue weighted by Gasteiger charge is -2.34. The smallest absolute Gasteiger partial charge is 0.0547 e. The Hall–Kier alpha value is -0.930. The third-order valence-corrected chi connectivity index (χ3v) is 4.57. The van der Waals surface area contributed by atoms with Gasteiger partial charge < -0.3 is 5.32 Å². The van der Waals surface area contributed by atoms with E-state index in [0.29, 0.717) is 5.41 Å². The third-order valence-electron chi connectivity index (χ3n) is 4.57. The largest absolute Gasteiger partial charge is 0.316 e. The van der Waals surface area contributed by atoms with Crippen molar-refractivity contribution in [3.8, 4) is 0 Å². The Labute approximate surface area is 130 Å². The summed E-state index contributed by atoms with van der Waals surface area (Å²) in [6.07, 6.45) is 6.75. The molecule has 1 aliphatic rings. The molecule has 1 heterocycles. The molecule has 3 heteroatoms. The zero-order valence-corrected chi connectivity index (χ0v) is 14.0. The second-order valence-corrected chi connectivity index (χ2v) is 6.83. The van der Waals surface area contributed by atoms with Crippen molar-refractivity contribution in [3.05, 3.63) is 29.6 Å². The van der Waals surface area contributed by atoms with Crippen LogP contribution in [0.15, 0.2) is 18.2 Å². The molecule has 1 N–H and O–H groups in total. The van der Waals surface area contributed by atoms with E-state index in [1.807, 2.05) is 0 Å². The van der Waals surface area contributed by atoms with Gasteiger partial charge in [0.15, 0.2) is 0 Å². The molecule has 1 aromatic rings. The lowest BCUT2D eigenvalue weighted by atomic mass is 9.85. The van der Waals surface area contributed by atoms with E-state index in [9.17, 15) is 0 Å². The SMILES string of the molecule is CCCNCC1(CN(C)Cc2cccc(C)n2)CCCC1. The molecule has 0 aromatic carbocycles. The third kappa shape index (κ3) is 5.08. The highest BCUT2D eigenvalue weighted by atomic mass is 15.1. The number of hydrogen-bond acceptors (Lipinski definition) is 3. The van der Waals surface area contributed by atoms with Crippen molar-refractivity contribution >= 4 is 0 Å². The number of pyridine rings is 1. The Morgan fingerprint density at radius 1 is 1.29 bits per heavy atom. The van der Waals surface area contributed by atoms with Gasteiger partial charge in [0.05, 0.1) is 5.69 Å². The summed E-state index contributed by atoms with van der Waals surface area (Å²) in [7, 11) is 2.24. The van der Waals surface area contributed by atoms with Crippen molar-refractivity contribution in [3.63, 3.8) is 0 Å². The summed E-state index contributed by atoms with van der Waals surface area (Å²) < 4.78 is 0. The van der Waals surface area contributed by atoms with Crippen LogP contribution in [0, 0.1) is 12.3 Å². The van der Waals surface area contributed by atoms with Crippen LogP contribution in [0.25, 0.3) is 0 Å². The fraction of sp³-hybridized carbons (Fsp3) is 0.722. The minimum atomic E-state index is 0.480. The number of nitrogens with zero attached hydrogens (tertiary/aromatic N) is 2. The number of rotatable bonds is 8. The molecule has 1 saturated carbocycles.